The highest BCUT2D eigenvalue weighted by molar-refractivity contribution is 5.96. The summed E-state index contributed by atoms with van der Waals surface area (Å²) in [6, 6.07) is 12.3. The molecule has 8 rings (SSSR count). The van der Waals surface area contributed by atoms with E-state index in [1.54, 1.807) is 32.5 Å². The second-order valence-electron chi connectivity index (χ2n) is 20.6. The molecule has 1 aliphatic carbocycles. The molecule has 68 heavy (non-hydrogen) atoms. The first-order chi connectivity index (χ1) is 32.4. The zero-order valence-corrected chi connectivity index (χ0v) is 41.1. The fourth-order valence-corrected chi connectivity index (χ4v) is 10.8. The fourth-order valence-electron chi connectivity index (χ4n) is 10.8. The summed E-state index contributed by atoms with van der Waals surface area (Å²) in [7, 11) is 3.30. The number of nitrogens with one attached hydrogen (secondary N) is 2. The zero-order valence-electron chi connectivity index (χ0n) is 41.1. The van der Waals surface area contributed by atoms with Crippen molar-refractivity contribution >= 4 is 40.5 Å². The number of carbonyl (C=O) groups is 5. The van der Waals surface area contributed by atoms with Gasteiger partial charge < -0.3 is 34.3 Å². The number of rotatable bonds is 10. The summed E-state index contributed by atoms with van der Waals surface area (Å²) in [5, 5.41) is 16.8. The molecule has 6 bridgehead atoms. The number of amides is 4. The number of aromatic hydroxyl groups is 1. The summed E-state index contributed by atoms with van der Waals surface area (Å²) in [4.78, 5) is 78.8. The maximum Gasteiger partial charge on any atom is 0.324 e. The number of ether oxygens (including phenoxy) is 2. The number of likely N-dealkylation sites (N-methyl/N-ethyl adjacent to an activating group) is 1. The van der Waals surface area contributed by atoms with E-state index in [2.05, 4.69) is 54.3 Å². The molecule has 1 saturated carbocycles. The third kappa shape index (κ3) is 9.74. The number of aromatic nitrogens is 2. The molecule has 2 aromatic carbocycles. The molecule has 15 nitrogen and oxygen atoms in total. The summed E-state index contributed by atoms with van der Waals surface area (Å²) < 4.78 is 14.2. The molecule has 2 aromatic heterocycles. The number of hydrogen-bond donors (Lipinski definition) is 3. The molecular weight excluding hydrogens is 863 g/mol. The summed E-state index contributed by atoms with van der Waals surface area (Å²) in [6.07, 6.45) is 5.27. The molecule has 4 aliphatic rings. The van der Waals surface area contributed by atoms with Gasteiger partial charge in [-0.05, 0) is 124 Å². The number of aryl methyl sites for hydroxylation is 1. The van der Waals surface area contributed by atoms with Gasteiger partial charge in [0.2, 0.25) is 17.7 Å². The average molecular weight is 932 g/mol. The summed E-state index contributed by atoms with van der Waals surface area (Å²) in [5.41, 5.74) is 9.60. The largest absolute Gasteiger partial charge is 0.508 e. The van der Waals surface area contributed by atoms with Crippen molar-refractivity contribution in [3.8, 4) is 28.1 Å². The summed E-state index contributed by atoms with van der Waals surface area (Å²) in [6.45, 7) is 15.4. The number of phenolic OH excluding ortho intramolecular Hbond substituents is 1. The van der Waals surface area contributed by atoms with Gasteiger partial charge >= 0.3 is 5.97 Å². The predicted molar refractivity (Wildman–Crippen MR) is 259 cm³/mol. The van der Waals surface area contributed by atoms with Crippen molar-refractivity contribution in [2.45, 2.75) is 130 Å². The van der Waals surface area contributed by atoms with Gasteiger partial charge in [-0.2, -0.15) is 0 Å². The number of likely N-dealkylation sites (tertiary alicyclic amines) is 1. The second-order valence-corrected chi connectivity index (χ2v) is 20.6. The van der Waals surface area contributed by atoms with Crippen LogP contribution in [-0.2, 0) is 52.8 Å². The van der Waals surface area contributed by atoms with Crippen LogP contribution >= 0.6 is 0 Å². The van der Waals surface area contributed by atoms with Crippen LogP contribution in [0.1, 0.15) is 103 Å². The lowest BCUT2D eigenvalue weighted by Gasteiger charge is -2.37. The van der Waals surface area contributed by atoms with E-state index in [9.17, 15) is 29.1 Å². The lowest BCUT2D eigenvalue weighted by Crippen LogP contribution is -2.62. The lowest BCUT2D eigenvalue weighted by molar-refractivity contribution is -0.155. The first-order valence-corrected chi connectivity index (χ1v) is 24.5. The fraction of sp³-hybridized carbons (Fsp3) is 0.547. The van der Waals surface area contributed by atoms with Gasteiger partial charge in [-0.15, -0.1) is 0 Å². The van der Waals surface area contributed by atoms with Crippen LogP contribution in [0.15, 0.2) is 54.7 Å². The normalized spacial score (nSPS) is 23.0. The number of carbonyl (C=O) groups excluding carboxylic acids is 5. The quantitative estimate of drug-likeness (QED) is 0.147. The standard InChI is InChI=1S/C53H69N7O8/c1-10-58-44-18-17-35-27-40(44)41(47(58)39-13-11-20-54-45(39)32(5)67-9)28-53(6,7)29-68-52(66)42-14-12-21-60(56-42)51(65)43(25-33-23-36(35)26-37(61)24-33)55-48(62)46(30(2)3)57(8)50(64)38-19-22-59(31(38)4)49(63)34-15-16-34/h11,13,17-18,20,23-24,26-27,30-32,34,38,42-43,46,56,61H,10,12,14-16,19,21-22,25,28-29H2,1-9H3,(H,55,62)/t31-,32-,38-,42-,43-,46?/m0/s1. The van der Waals surface area contributed by atoms with Gasteiger partial charge in [0, 0.05) is 80.3 Å². The molecule has 1 unspecified atom stereocenters. The number of fused-ring (bicyclic) bond motifs is 6. The Morgan fingerprint density at radius 1 is 1.03 bits per heavy atom. The lowest BCUT2D eigenvalue weighted by atomic mass is 9.84. The predicted octanol–water partition coefficient (Wildman–Crippen LogP) is 6.58. The van der Waals surface area contributed by atoms with E-state index in [0.29, 0.717) is 44.3 Å². The molecule has 0 radical (unpaired) electrons. The smallest absolute Gasteiger partial charge is 0.324 e. The molecule has 4 aromatic rings. The number of benzene rings is 2. The van der Waals surface area contributed by atoms with E-state index in [1.165, 1.54) is 9.91 Å². The second kappa shape index (κ2) is 19.7. The number of cyclic esters (lactones) is 1. The van der Waals surface area contributed by atoms with Crippen LogP contribution in [-0.4, -0.2) is 117 Å². The Bertz CT molecular complexity index is 2580. The first kappa shape index (κ1) is 48.6. The number of hydrogen-bond acceptors (Lipinski definition) is 10. The average Bonchev–Trinajstić information content (AvgIpc) is 4.04. The molecule has 0 spiro atoms. The maximum absolute atomic E-state index is 14.8. The minimum atomic E-state index is -1.16. The molecular formula is C53H69N7O8. The van der Waals surface area contributed by atoms with Crippen LogP contribution in [0.3, 0.4) is 0 Å². The van der Waals surface area contributed by atoms with Gasteiger partial charge in [0.1, 0.15) is 23.9 Å². The summed E-state index contributed by atoms with van der Waals surface area (Å²) in [5.74, 6) is -2.33. The van der Waals surface area contributed by atoms with E-state index < -0.39 is 47.2 Å². The molecule has 6 atom stereocenters. The SMILES string of the molecule is CCn1c(-c2cccnc2[C@H](C)OC)c2c3cc(ccc31)-c1cc(O)cc(c1)C[C@H](NC(=O)C(C(C)C)N(C)C(=O)[C@H]1CCN(C(=O)C3CC3)[C@H]1C)C(=O)N1CCC[C@H](N1)C(=O)OCC(C)(C)C2. The van der Waals surface area contributed by atoms with Gasteiger partial charge in [-0.3, -0.25) is 34.0 Å². The van der Waals surface area contributed by atoms with Crippen LogP contribution in [0, 0.1) is 23.2 Å². The number of esters is 1. The zero-order chi connectivity index (χ0) is 48.8. The van der Waals surface area contributed by atoms with Gasteiger partial charge in [0.15, 0.2) is 0 Å². The minimum Gasteiger partial charge on any atom is -0.508 e. The molecule has 4 amide bonds. The topological polar surface area (TPSA) is 176 Å². The Morgan fingerprint density at radius 3 is 2.50 bits per heavy atom. The van der Waals surface area contributed by atoms with E-state index >= 15 is 0 Å². The Hall–Kier alpha value is -5.80. The number of pyridine rings is 1. The van der Waals surface area contributed by atoms with E-state index in [-0.39, 0.29) is 61.1 Å². The highest BCUT2D eigenvalue weighted by Gasteiger charge is 2.46. The van der Waals surface area contributed by atoms with Crippen LogP contribution in [0.4, 0.5) is 0 Å². The van der Waals surface area contributed by atoms with Gasteiger partial charge in [0.25, 0.3) is 5.91 Å². The van der Waals surface area contributed by atoms with Crippen molar-refractivity contribution in [3.63, 3.8) is 0 Å². The van der Waals surface area contributed by atoms with Crippen LogP contribution < -0.4 is 10.7 Å². The molecule has 5 heterocycles. The maximum atomic E-state index is 14.8. The Kier molecular flexibility index (Phi) is 14.1. The van der Waals surface area contributed by atoms with Gasteiger partial charge in [-0.25, -0.2) is 5.43 Å². The number of hydrazine groups is 1. The van der Waals surface area contributed by atoms with Crippen LogP contribution in [0.25, 0.3) is 33.3 Å². The Morgan fingerprint density at radius 2 is 1.79 bits per heavy atom. The minimum absolute atomic E-state index is 0.000842. The Balaban J connectivity index is 1.18. The number of methoxy groups -OCH3 is 1. The third-order valence-electron chi connectivity index (χ3n) is 14.6. The molecule has 3 fully saturated rings. The molecule has 3 aliphatic heterocycles. The highest BCUT2D eigenvalue weighted by atomic mass is 16.5. The van der Waals surface area contributed by atoms with Crippen molar-refractivity contribution in [3.05, 3.63) is 71.5 Å². The Labute approximate surface area is 399 Å². The molecule has 3 N–H and O–H groups in total. The molecule has 364 valence electrons. The van der Waals surface area contributed by atoms with E-state index in [0.717, 1.165) is 57.4 Å². The van der Waals surface area contributed by atoms with Crippen molar-refractivity contribution in [1.29, 1.82) is 0 Å². The number of phenols is 1. The van der Waals surface area contributed by atoms with E-state index in [1.807, 2.05) is 50.8 Å². The number of nitrogens with zero attached hydrogens (tertiary/aromatic N) is 5. The van der Waals surface area contributed by atoms with Crippen molar-refractivity contribution < 1.29 is 38.6 Å². The van der Waals surface area contributed by atoms with Gasteiger partial charge in [0.05, 0.1) is 30.0 Å². The molecule has 2 saturated heterocycles. The van der Waals surface area contributed by atoms with Crippen LogP contribution in [0.2, 0.25) is 0 Å². The highest BCUT2D eigenvalue weighted by Crippen LogP contribution is 2.42. The van der Waals surface area contributed by atoms with Gasteiger partial charge in [-0.1, -0.05) is 39.8 Å². The third-order valence-corrected chi connectivity index (χ3v) is 14.6. The van der Waals surface area contributed by atoms with Crippen molar-refractivity contribution in [2.24, 2.45) is 23.2 Å². The van der Waals surface area contributed by atoms with E-state index in [4.69, 9.17) is 14.5 Å². The summed E-state index contributed by atoms with van der Waals surface area (Å²) >= 11 is 0. The van der Waals surface area contributed by atoms with Crippen molar-refractivity contribution in [1.82, 2.24) is 35.1 Å². The first-order valence-electron chi connectivity index (χ1n) is 24.5. The van der Waals surface area contributed by atoms with Crippen molar-refractivity contribution in [2.75, 3.05) is 33.9 Å². The van der Waals surface area contributed by atoms with Crippen LogP contribution in [0.5, 0.6) is 5.75 Å². The monoisotopic (exact) mass is 932 g/mol. The molecule has 15 heteroatoms.